The minimum atomic E-state index is -0.831. The third-order valence-electron chi connectivity index (χ3n) is 2.96. The van der Waals surface area contributed by atoms with Crippen LogP contribution in [0.5, 0.6) is 0 Å². The topological polar surface area (TPSA) is 37.8 Å². The Morgan fingerprint density at radius 3 is 2.55 bits per heavy atom. The Morgan fingerprint density at radius 1 is 1.15 bits per heavy atom. The second kappa shape index (κ2) is 7.05. The van der Waals surface area contributed by atoms with Crippen molar-refractivity contribution in [2.45, 2.75) is 25.8 Å². The lowest BCUT2D eigenvalue weighted by Gasteiger charge is -2.17. The first-order valence-electron chi connectivity index (χ1n) is 6.65. The summed E-state index contributed by atoms with van der Waals surface area (Å²) in [7, 11) is 0. The Kier molecular flexibility index (Phi) is 5.12. The standard InChI is InChI=1S/C15H17F2N3/c1-2-6-18-14(15-19-7-3-8-20-15)10-11-4-5-12(16)13(17)9-11/h3-5,7-9,14,18H,2,6,10H2,1H3. The van der Waals surface area contributed by atoms with Gasteiger partial charge in [0, 0.05) is 12.4 Å². The van der Waals surface area contributed by atoms with Gasteiger partial charge in [-0.3, -0.25) is 0 Å². The summed E-state index contributed by atoms with van der Waals surface area (Å²) in [6, 6.07) is 5.59. The molecule has 0 aliphatic carbocycles. The first-order valence-corrected chi connectivity index (χ1v) is 6.65. The van der Waals surface area contributed by atoms with Crippen LogP contribution in [0, 0.1) is 11.6 Å². The summed E-state index contributed by atoms with van der Waals surface area (Å²) in [6.07, 6.45) is 4.84. The molecule has 0 radical (unpaired) electrons. The maximum Gasteiger partial charge on any atom is 0.159 e. The number of aromatic nitrogens is 2. The fraction of sp³-hybridized carbons (Fsp3) is 0.333. The maximum absolute atomic E-state index is 13.3. The maximum atomic E-state index is 13.3. The van der Waals surface area contributed by atoms with Crippen LogP contribution >= 0.6 is 0 Å². The van der Waals surface area contributed by atoms with E-state index in [0.29, 0.717) is 17.8 Å². The monoisotopic (exact) mass is 277 g/mol. The van der Waals surface area contributed by atoms with E-state index in [2.05, 4.69) is 22.2 Å². The van der Waals surface area contributed by atoms with Gasteiger partial charge in [-0.05, 0) is 43.1 Å². The van der Waals surface area contributed by atoms with E-state index in [1.807, 2.05) is 0 Å². The summed E-state index contributed by atoms with van der Waals surface area (Å²) in [5, 5.41) is 3.33. The van der Waals surface area contributed by atoms with Crippen molar-refractivity contribution < 1.29 is 8.78 Å². The molecule has 1 heterocycles. The van der Waals surface area contributed by atoms with Crippen LogP contribution in [0.3, 0.4) is 0 Å². The molecule has 2 aromatic rings. The van der Waals surface area contributed by atoms with Crippen LogP contribution in [-0.2, 0) is 6.42 Å². The Hall–Kier alpha value is -1.88. The summed E-state index contributed by atoms with van der Waals surface area (Å²) >= 11 is 0. The fourth-order valence-electron chi connectivity index (χ4n) is 1.97. The van der Waals surface area contributed by atoms with E-state index in [4.69, 9.17) is 0 Å². The van der Waals surface area contributed by atoms with Gasteiger partial charge in [0.25, 0.3) is 0 Å². The van der Waals surface area contributed by atoms with Gasteiger partial charge in [-0.2, -0.15) is 0 Å². The number of benzene rings is 1. The molecule has 5 heteroatoms. The van der Waals surface area contributed by atoms with Crippen LogP contribution in [0.4, 0.5) is 8.78 Å². The highest BCUT2D eigenvalue weighted by molar-refractivity contribution is 5.20. The van der Waals surface area contributed by atoms with Gasteiger partial charge >= 0.3 is 0 Å². The highest BCUT2D eigenvalue weighted by atomic mass is 19.2. The van der Waals surface area contributed by atoms with E-state index in [0.717, 1.165) is 19.0 Å². The summed E-state index contributed by atoms with van der Waals surface area (Å²) in [5.74, 6) is -1.00. The molecule has 0 saturated heterocycles. The molecule has 0 spiro atoms. The first-order chi connectivity index (χ1) is 9.70. The van der Waals surface area contributed by atoms with Crippen molar-refractivity contribution in [3.8, 4) is 0 Å². The Morgan fingerprint density at radius 2 is 1.90 bits per heavy atom. The largest absolute Gasteiger partial charge is 0.307 e. The van der Waals surface area contributed by atoms with E-state index >= 15 is 0 Å². The summed E-state index contributed by atoms with van der Waals surface area (Å²) in [6.45, 7) is 2.88. The molecule has 106 valence electrons. The van der Waals surface area contributed by atoms with Crippen molar-refractivity contribution in [2.24, 2.45) is 0 Å². The van der Waals surface area contributed by atoms with Gasteiger partial charge in [0.05, 0.1) is 6.04 Å². The molecule has 1 aromatic carbocycles. The molecule has 0 bridgehead atoms. The van der Waals surface area contributed by atoms with Crippen LogP contribution in [0.1, 0.15) is 30.8 Å². The van der Waals surface area contributed by atoms with E-state index in [-0.39, 0.29) is 6.04 Å². The Labute approximate surface area is 117 Å². The van der Waals surface area contributed by atoms with Gasteiger partial charge in [-0.1, -0.05) is 13.0 Å². The number of rotatable bonds is 6. The van der Waals surface area contributed by atoms with Gasteiger partial charge in [0.15, 0.2) is 11.6 Å². The van der Waals surface area contributed by atoms with Crippen LogP contribution in [0.25, 0.3) is 0 Å². The molecular weight excluding hydrogens is 260 g/mol. The van der Waals surface area contributed by atoms with E-state index in [1.165, 1.54) is 6.07 Å². The zero-order valence-electron chi connectivity index (χ0n) is 11.3. The van der Waals surface area contributed by atoms with Crippen molar-refractivity contribution in [1.82, 2.24) is 15.3 Å². The van der Waals surface area contributed by atoms with E-state index in [9.17, 15) is 8.78 Å². The zero-order valence-corrected chi connectivity index (χ0v) is 11.3. The van der Waals surface area contributed by atoms with Crippen LogP contribution in [0.15, 0.2) is 36.7 Å². The second-order valence-electron chi connectivity index (χ2n) is 4.57. The quantitative estimate of drug-likeness (QED) is 0.882. The molecule has 0 aliphatic rings. The highest BCUT2D eigenvalue weighted by Crippen LogP contribution is 2.17. The van der Waals surface area contributed by atoms with Crippen LogP contribution in [0.2, 0.25) is 0 Å². The number of nitrogens with zero attached hydrogens (tertiary/aromatic N) is 2. The summed E-state index contributed by atoms with van der Waals surface area (Å²) in [4.78, 5) is 8.45. The number of halogens is 2. The predicted octanol–water partition coefficient (Wildman–Crippen LogP) is 3.04. The zero-order chi connectivity index (χ0) is 14.4. The molecule has 1 aromatic heterocycles. The van der Waals surface area contributed by atoms with E-state index < -0.39 is 11.6 Å². The van der Waals surface area contributed by atoms with Gasteiger partial charge in [-0.25, -0.2) is 18.7 Å². The third-order valence-corrected chi connectivity index (χ3v) is 2.96. The van der Waals surface area contributed by atoms with Crippen molar-refractivity contribution in [3.05, 3.63) is 59.7 Å². The van der Waals surface area contributed by atoms with Crippen molar-refractivity contribution in [3.63, 3.8) is 0 Å². The highest BCUT2D eigenvalue weighted by Gasteiger charge is 2.15. The lowest BCUT2D eigenvalue weighted by molar-refractivity contribution is 0.491. The van der Waals surface area contributed by atoms with Crippen molar-refractivity contribution in [2.75, 3.05) is 6.54 Å². The molecule has 0 fully saturated rings. The van der Waals surface area contributed by atoms with Gasteiger partial charge in [0.1, 0.15) is 5.82 Å². The number of hydrogen-bond acceptors (Lipinski definition) is 3. The Bertz CT molecular complexity index is 546. The lowest BCUT2D eigenvalue weighted by Crippen LogP contribution is -2.26. The smallest absolute Gasteiger partial charge is 0.159 e. The van der Waals surface area contributed by atoms with Gasteiger partial charge in [-0.15, -0.1) is 0 Å². The van der Waals surface area contributed by atoms with Crippen LogP contribution < -0.4 is 5.32 Å². The predicted molar refractivity (Wildman–Crippen MR) is 73.1 cm³/mol. The minimum Gasteiger partial charge on any atom is -0.307 e. The average molecular weight is 277 g/mol. The Balaban J connectivity index is 2.17. The third kappa shape index (κ3) is 3.81. The number of nitrogens with one attached hydrogen (secondary N) is 1. The molecule has 3 nitrogen and oxygen atoms in total. The number of hydrogen-bond donors (Lipinski definition) is 1. The van der Waals surface area contributed by atoms with Crippen LogP contribution in [-0.4, -0.2) is 16.5 Å². The molecule has 0 amide bonds. The average Bonchev–Trinajstić information content (AvgIpc) is 2.48. The second-order valence-corrected chi connectivity index (χ2v) is 4.57. The van der Waals surface area contributed by atoms with Crippen molar-refractivity contribution in [1.29, 1.82) is 0 Å². The first kappa shape index (κ1) is 14.5. The fourth-order valence-corrected chi connectivity index (χ4v) is 1.97. The molecule has 0 saturated carbocycles. The lowest BCUT2D eigenvalue weighted by atomic mass is 10.0. The molecule has 1 atom stereocenters. The van der Waals surface area contributed by atoms with Gasteiger partial charge < -0.3 is 5.32 Å². The molecule has 0 aliphatic heterocycles. The molecule has 2 rings (SSSR count). The van der Waals surface area contributed by atoms with Crippen molar-refractivity contribution >= 4 is 0 Å². The summed E-state index contributed by atoms with van der Waals surface area (Å²) in [5.41, 5.74) is 0.713. The molecule has 1 unspecified atom stereocenters. The van der Waals surface area contributed by atoms with E-state index in [1.54, 1.807) is 24.5 Å². The molecule has 20 heavy (non-hydrogen) atoms. The molecule has 1 N–H and O–H groups in total. The minimum absolute atomic E-state index is 0.110. The SMILES string of the molecule is CCCNC(Cc1ccc(F)c(F)c1)c1ncccn1. The van der Waals surface area contributed by atoms with Gasteiger partial charge in [0.2, 0.25) is 0 Å². The summed E-state index contributed by atoms with van der Waals surface area (Å²) < 4.78 is 26.2. The molecular formula is C15H17F2N3. The normalized spacial score (nSPS) is 12.3.